The van der Waals surface area contributed by atoms with Crippen molar-refractivity contribution in [1.82, 2.24) is 15.1 Å². The Morgan fingerprint density at radius 2 is 2.10 bits per heavy atom. The fraction of sp³-hybridized carbons (Fsp3) is 0.733. The second kappa shape index (κ2) is 7.55. The lowest BCUT2D eigenvalue weighted by Gasteiger charge is -2.20. The zero-order chi connectivity index (χ0) is 15.2. The lowest BCUT2D eigenvalue weighted by Crippen LogP contribution is -2.33. The molecule has 1 aromatic rings. The molecule has 1 N–H and O–H groups in total. The summed E-state index contributed by atoms with van der Waals surface area (Å²) in [5, 5.41) is 7.72. The summed E-state index contributed by atoms with van der Waals surface area (Å²) in [6.45, 7) is 11.0. The zero-order valence-electron chi connectivity index (χ0n) is 13.3. The smallest absolute Gasteiger partial charge is 0.271 e. The number of hydrogen-bond donors (Lipinski definition) is 1. The number of hydrogen-bond acceptors (Lipinski definition) is 4. The van der Waals surface area contributed by atoms with Crippen LogP contribution in [0.1, 0.15) is 45.4 Å². The van der Waals surface area contributed by atoms with E-state index >= 15 is 0 Å². The molecule has 0 saturated heterocycles. The topological polar surface area (TPSA) is 56.1 Å². The van der Waals surface area contributed by atoms with E-state index in [2.05, 4.69) is 31.2 Å². The molecule has 114 valence electrons. The summed E-state index contributed by atoms with van der Waals surface area (Å²) in [7, 11) is 1.67. The van der Waals surface area contributed by atoms with E-state index in [9.17, 15) is 4.79 Å². The molecule has 0 aliphatic rings. The maximum Gasteiger partial charge on any atom is 0.271 e. The molecule has 0 bridgehead atoms. The first kappa shape index (κ1) is 16.9. The van der Waals surface area contributed by atoms with Crippen molar-refractivity contribution in [3.8, 4) is 0 Å². The van der Waals surface area contributed by atoms with Gasteiger partial charge >= 0.3 is 0 Å². The third-order valence-corrected chi connectivity index (χ3v) is 3.05. The van der Waals surface area contributed by atoms with E-state index < -0.39 is 0 Å². The zero-order valence-corrected chi connectivity index (χ0v) is 13.3. The number of aryl methyl sites for hydroxylation is 1. The number of nitrogens with one attached hydrogen (secondary N) is 1. The summed E-state index contributed by atoms with van der Waals surface area (Å²) in [4.78, 5) is 12.3. The van der Waals surface area contributed by atoms with Gasteiger partial charge in [-0.1, -0.05) is 27.7 Å². The van der Waals surface area contributed by atoms with Crippen LogP contribution in [0.15, 0.2) is 10.9 Å². The minimum absolute atomic E-state index is 0.00441. The van der Waals surface area contributed by atoms with Crippen molar-refractivity contribution in [3.63, 3.8) is 0 Å². The van der Waals surface area contributed by atoms with Gasteiger partial charge in [0.2, 0.25) is 0 Å². The third kappa shape index (κ3) is 4.72. The molecule has 5 nitrogen and oxygen atoms in total. The molecule has 5 heteroatoms. The molecule has 1 aromatic heterocycles. The molecule has 1 rings (SSSR count). The maximum absolute atomic E-state index is 12.3. The predicted molar refractivity (Wildman–Crippen MR) is 81.1 cm³/mol. The van der Waals surface area contributed by atoms with Crippen molar-refractivity contribution in [2.24, 2.45) is 0 Å². The van der Waals surface area contributed by atoms with Crippen LogP contribution in [0.3, 0.4) is 0 Å². The largest absolute Gasteiger partial charge is 0.383 e. The van der Waals surface area contributed by atoms with Crippen molar-refractivity contribution < 1.29 is 4.74 Å². The Hall–Kier alpha value is -1.20. The summed E-state index contributed by atoms with van der Waals surface area (Å²) in [6.07, 6.45) is 0.900. The second-order valence-corrected chi connectivity index (χ2v) is 6.00. The lowest BCUT2D eigenvalue weighted by molar-refractivity contribution is 0.199. The molecule has 0 amide bonds. The van der Waals surface area contributed by atoms with E-state index in [1.807, 2.05) is 13.0 Å². The van der Waals surface area contributed by atoms with E-state index in [0.29, 0.717) is 19.7 Å². The highest BCUT2D eigenvalue weighted by atomic mass is 16.5. The van der Waals surface area contributed by atoms with Gasteiger partial charge in [-0.15, -0.1) is 0 Å². The molecular formula is C15H27N3O2. The third-order valence-electron chi connectivity index (χ3n) is 3.05. The van der Waals surface area contributed by atoms with Gasteiger partial charge in [0, 0.05) is 37.7 Å². The number of ether oxygens (including phenoxy) is 1. The Bertz CT molecular complexity index is 475. The van der Waals surface area contributed by atoms with Crippen molar-refractivity contribution >= 4 is 0 Å². The molecule has 0 fully saturated rings. The number of methoxy groups -OCH3 is 1. The molecule has 0 radical (unpaired) electrons. The monoisotopic (exact) mass is 281 g/mol. The van der Waals surface area contributed by atoms with Crippen LogP contribution in [0.4, 0.5) is 0 Å². The molecule has 0 aromatic carbocycles. The van der Waals surface area contributed by atoms with Crippen molar-refractivity contribution in [3.05, 3.63) is 27.7 Å². The van der Waals surface area contributed by atoms with Gasteiger partial charge < -0.3 is 10.1 Å². The van der Waals surface area contributed by atoms with Crippen LogP contribution in [-0.4, -0.2) is 30.0 Å². The second-order valence-electron chi connectivity index (χ2n) is 6.00. The molecule has 0 saturated carbocycles. The average Bonchev–Trinajstić information content (AvgIpc) is 2.37. The van der Waals surface area contributed by atoms with Gasteiger partial charge in [-0.2, -0.15) is 5.10 Å². The summed E-state index contributed by atoms with van der Waals surface area (Å²) in [5.74, 6) is 0. The summed E-state index contributed by atoms with van der Waals surface area (Å²) in [6, 6.07) is 1.92. The molecule has 0 unspecified atom stereocenters. The Morgan fingerprint density at radius 1 is 1.40 bits per heavy atom. The Morgan fingerprint density at radius 3 is 2.65 bits per heavy atom. The minimum atomic E-state index is -0.0650. The average molecular weight is 281 g/mol. The SMILES string of the molecule is CCCn1nc(C(C)(C)C)cc(CNCCOC)c1=O. The highest BCUT2D eigenvalue weighted by molar-refractivity contribution is 5.19. The molecule has 20 heavy (non-hydrogen) atoms. The predicted octanol–water partition coefficient (Wildman–Crippen LogP) is 1.69. The highest BCUT2D eigenvalue weighted by Gasteiger charge is 2.19. The van der Waals surface area contributed by atoms with Crippen LogP contribution in [0.25, 0.3) is 0 Å². The quantitative estimate of drug-likeness (QED) is 0.773. The molecule has 0 spiro atoms. The molecule has 1 heterocycles. The summed E-state index contributed by atoms with van der Waals surface area (Å²) >= 11 is 0. The van der Waals surface area contributed by atoms with Crippen molar-refractivity contribution in [2.45, 2.75) is 52.6 Å². The number of aromatic nitrogens is 2. The van der Waals surface area contributed by atoms with Gasteiger partial charge in [0.1, 0.15) is 0 Å². The van der Waals surface area contributed by atoms with Gasteiger partial charge in [0.05, 0.1) is 12.3 Å². The molecule has 0 aliphatic heterocycles. The first-order chi connectivity index (χ1) is 9.40. The normalized spacial score (nSPS) is 11.8. The standard InChI is InChI=1S/C15H27N3O2/c1-6-8-18-14(19)12(11-16-7-9-20-5)10-13(17-18)15(2,3)4/h10,16H,6-9,11H2,1-5H3. The lowest BCUT2D eigenvalue weighted by atomic mass is 9.91. The van der Waals surface area contributed by atoms with Gasteiger partial charge in [0.15, 0.2) is 0 Å². The van der Waals surface area contributed by atoms with Crippen LogP contribution in [0.5, 0.6) is 0 Å². The Labute approximate surface area is 121 Å². The van der Waals surface area contributed by atoms with Crippen LogP contribution in [-0.2, 0) is 23.2 Å². The van der Waals surface area contributed by atoms with E-state index in [4.69, 9.17) is 4.74 Å². The van der Waals surface area contributed by atoms with Crippen LogP contribution in [0.2, 0.25) is 0 Å². The summed E-state index contributed by atoms with van der Waals surface area (Å²) in [5.41, 5.74) is 1.66. The number of nitrogens with zero attached hydrogens (tertiary/aromatic N) is 2. The number of rotatable bonds is 7. The fourth-order valence-electron chi connectivity index (χ4n) is 1.85. The first-order valence-electron chi connectivity index (χ1n) is 7.21. The van der Waals surface area contributed by atoms with E-state index in [1.165, 1.54) is 0 Å². The Balaban J connectivity index is 3.01. The molecule has 0 aliphatic carbocycles. The van der Waals surface area contributed by atoms with Crippen LogP contribution < -0.4 is 10.9 Å². The van der Waals surface area contributed by atoms with E-state index in [-0.39, 0.29) is 11.0 Å². The summed E-state index contributed by atoms with van der Waals surface area (Å²) < 4.78 is 6.58. The van der Waals surface area contributed by atoms with Crippen LogP contribution in [0, 0.1) is 0 Å². The Kier molecular flexibility index (Phi) is 6.36. The molecule has 0 atom stereocenters. The fourth-order valence-corrected chi connectivity index (χ4v) is 1.85. The first-order valence-corrected chi connectivity index (χ1v) is 7.21. The van der Waals surface area contributed by atoms with Gasteiger partial charge in [-0.25, -0.2) is 4.68 Å². The van der Waals surface area contributed by atoms with Crippen molar-refractivity contribution in [2.75, 3.05) is 20.3 Å². The van der Waals surface area contributed by atoms with Gasteiger partial charge in [-0.05, 0) is 12.5 Å². The maximum atomic E-state index is 12.3. The highest BCUT2D eigenvalue weighted by Crippen LogP contribution is 2.19. The van der Waals surface area contributed by atoms with Crippen molar-refractivity contribution in [1.29, 1.82) is 0 Å². The van der Waals surface area contributed by atoms with Gasteiger partial charge in [-0.3, -0.25) is 4.79 Å². The minimum Gasteiger partial charge on any atom is -0.383 e. The van der Waals surface area contributed by atoms with E-state index in [0.717, 1.165) is 24.2 Å². The molecular weight excluding hydrogens is 254 g/mol. The van der Waals surface area contributed by atoms with Gasteiger partial charge in [0.25, 0.3) is 5.56 Å². The van der Waals surface area contributed by atoms with Crippen LogP contribution >= 0.6 is 0 Å². The van der Waals surface area contributed by atoms with E-state index in [1.54, 1.807) is 11.8 Å².